The Morgan fingerprint density at radius 3 is 1.55 bits per heavy atom. The van der Waals surface area contributed by atoms with Crippen LogP contribution in [0.25, 0.3) is 88.0 Å². The van der Waals surface area contributed by atoms with E-state index in [1.54, 1.807) is 0 Å². The minimum atomic E-state index is -0.243. The molecule has 0 fully saturated rings. The molecule has 0 atom stereocenters. The molecule has 1 nitrogen and oxygen atoms in total. The highest BCUT2D eigenvalue weighted by atomic mass is 16.3. The molecule has 1 aromatic heterocycles. The van der Waals surface area contributed by atoms with Crippen LogP contribution >= 0.6 is 0 Å². The third kappa shape index (κ3) is 4.61. The summed E-state index contributed by atoms with van der Waals surface area (Å²) >= 11 is 0. The van der Waals surface area contributed by atoms with Crippen molar-refractivity contribution < 1.29 is 4.42 Å². The summed E-state index contributed by atoms with van der Waals surface area (Å²) in [6.45, 7) is 4.56. The van der Waals surface area contributed by atoms with Crippen LogP contribution in [0.2, 0.25) is 0 Å². The van der Waals surface area contributed by atoms with E-state index in [1.807, 2.05) is 54.6 Å². The first kappa shape index (κ1) is 35.0. The fraction of sp³-hybridized carbons (Fsp3) is 0.0638. The van der Waals surface area contributed by atoms with Gasteiger partial charge in [-0.25, -0.2) is 0 Å². The van der Waals surface area contributed by atoms with Crippen LogP contribution in [0.4, 0.5) is 0 Å². The fourth-order valence-corrected chi connectivity index (χ4v) is 9.42. The van der Waals surface area contributed by atoms with Gasteiger partial charge in [0.1, 0.15) is 73.9 Å². The van der Waals surface area contributed by atoms with E-state index >= 15 is 0 Å². The molecular formula is C47H24B8O. The van der Waals surface area contributed by atoms with Gasteiger partial charge in [0.05, 0.1) is 0 Å². The molecule has 8 aromatic carbocycles. The molecule has 0 aliphatic heterocycles. The van der Waals surface area contributed by atoms with Crippen LogP contribution in [0, 0.1) is 0 Å². The number of furan rings is 1. The summed E-state index contributed by atoms with van der Waals surface area (Å²) in [7, 11) is 55.2. The quantitative estimate of drug-likeness (QED) is 0.204. The second-order valence-corrected chi connectivity index (χ2v) is 15.3. The van der Waals surface area contributed by atoms with Gasteiger partial charge in [0.2, 0.25) is 0 Å². The third-order valence-electron chi connectivity index (χ3n) is 12.0. The fourth-order valence-electron chi connectivity index (χ4n) is 9.42. The predicted octanol–water partition coefficient (Wildman–Crippen LogP) is 3.55. The Morgan fingerprint density at radius 2 is 0.875 bits per heavy atom. The van der Waals surface area contributed by atoms with E-state index in [4.69, 9.17) is 67.2 Å². The van der Waals surface area contributed by atoms with Gasteiger partial charge in [0, 0.05) is 16.2 Å². The second-order valence-electron chi connectivity index (χ2n) is 15.3. The Bertz CT molecular complexity index is 3130. The zero-order chi connectivity index (χ0) is 38.9. The maximum absolute atomic E-state index is 7.10. The average molecular weight is 691 g/mol. The Labute approximate surface area is 336 Å². The van der Waals surface area contributed by atoms with Gasteiger partial charge >= 0.3 is 0 Å². The number of benzene rings is 8. The number of para-hydroxylation sites is 1. The highest BCUT2D eigenvalue weighted by Crippen LogP contribution is 2.52. The summed E-state index contributed by atoms with van der Waals surface area (Å²) in [4.78, 5) is 0. The molecule has 9 heteroatoms. The average Bonchev–Trinajstić information content (AvgIpc) is 3.72. The summed E-state index contributed by atoms with van der Waals surface area (Å²) in [6, 6.07) is 37.1. The Balaban J connectivity index is 1.38. The first-order chi connectivity index (χ1) is 26.9. The van der Waals surface area contributed by atoms with Gasteiger partial charge < -0.3 is 4.42 Å². The van der Waals surface area contributed by atoms with Crippen molar-refractivity contribution in [1.82, 2.24) is 0 Å². The number of fused-ring (bicyclic) bond motifs is 8. The van der Waals surface area contributed by atoms with Crippen molar-refractivity contribution >= 4 is 150 Å². The topological polar surface area (TPSA) is 13.1 Å². The van der Waals surface area contributed by atoms with Gasteiger partial charge in [-0.05, 0) is 95.4 Å². The number of rotatable bonds is 3. The largest absolute Gasteiger partial charge is 0.456 e. The standard InChI is InChI=1S/C47H24B8O/c1-47(2)28-17-5-3-12-24(28)25-15-8-14-23(38(25)47)21-10-7-11-22(20-21)31-34-36(41(50)45(54)43(52)39(34)48)33(37-35(31)40(49)44(53)46(55)42(37)51)27-16-9-19-30-32(27)26-13-4-6-18-29(26)56-30/h3-20H,1-2H3. The van der Waals surface area contributed by atoms with Gasteiger partial charge in [0.15, 0.2) is 0 Å². The van der Waals surface area contributed by atoms with Crippen LogP contribution < -0.4 is 43.7 Å². The minimum absolute atomic E-state index is 0.163. The molecule has 16 radical (unpaired) electrons. The van der Waals surface area contributed by atoms with Crippen molar-refractivity contribution in [2.75, 3.05) is 0 Å². The molecule has 1 heterocycles. The smallest absolute Gasteiger partial charge is 0.136 e. The third-order valence-corrected chi connectivity index (χ3v) is 12.0. The van der Waals surface area contributed by atoms with E-state index in [9.17, 15) is 0 Å². The lowest BCUT2D eigenvalue weighted by Crippen LogP contribution is -2.50. The molecule has 10 rings (SSSR count). The lowest BCUT2D eigenvalue weighted by molar-refractivity contribution is 0.662. The summed E-state index contributed by atoms with van der Waals surface area (Å²) in [5.74, 6) is 0. The van der Waals surface area contributed by atoms with Crippen LogP contribution in [0.15, 0.2) is 114 Å². The van der Waals surface area contributed by atoms with E-state index in [0.717, 1.165) is 38.6 Å². The summed E-state index contributed by atoms with van der Waals surface area (Å²) in [6.07, 6.45) is 0. The SMILES string of the molecule is [B]c1c([B])c([B])c2c(-c3cccc4oc5ccccc5c34)c3c([B])c([B])c([B])c([B])c3c(-c3cccc(-c4cccc5c4C(C)(C)c4ccccc4-5)c3)c2c1[B]. The molecule has 0 spiro atoms. The molecule has 242 valence electrons. The van der Waals surface area contributed by atoms with Crippen LogP contribution in [0.1, 0.15) is 25.0 Å². The van der Waals surface area contributed by atoms with Gasteiger partial charge in [-0.1, -0.05) is 127 Å². The molecular weight excluding hydrogens is 667 g/mol. The van der Waals surface area contributed by atoms with Crippen molar-refractivity contribution in [2.24, 2.45) is 0 Å². The van der Waals surface area contributed by atoms with Crippen molar-refractivity contribution in [2.45, 2.75) is 19.3 Å². The zero-order valence-corrected chi connectivity index (χ0v) is 30.9. The lowest BCUT2D eigenvalue weighted by Gasteiger charge is -2.29. The minimum Gasteiger partial charge on any atom is -0.456 e. The lowest BCUT2D eigenvalue weighted by atomic mass is 9.59. The van der Waals surface area contributed by atoms with Crippen molar-refractivity contribution in [3.8, 4) is 44.5 Å². The maximum Gasteiger partial charge on any atom is 0.136 e. The molecule has 0 amide bonds. The molecule has 1 aliphatic carbocycles. The second kappa shape index (κ2) is 12.3. The van der Waals surface area contributed by atoms with Crippen molar-refractivity contribution in [3.05, 3.63) is 120 Å². The van der Waals surface area contributed by atoms with Gasteiger partial charge in [0.25, 0.3) is 0 Å². The van der Waals surface area contributed by atoms with Gasteiger partial charge in [-0.3, -0.25) is 0 Å². The highest BCUT2D eigenvalue weighted by molar-refractivity contribution is 6.71. The monoisotopic (exact) mass is 692 g/mol. The first-order valence-corrected chi connectivity index (χ1v) is 18.4. The van der Waals surface area contributed by atoms with Crippen LogP contribution in [0.3, 0.4) is 0 Å². The molecule has 0 N–H and O–H groups in total. The van der Waals surface area contributed by atoms with E-state index < -0.39 is 0 Å². The highest BCUT2D eigenvalue weighted by Gasteiger charge is 2.37. The molecule has 0 unspecified atom stereocenters. The Kier molecular flexibility index (Phi) is 7.70. The van der Waals surface area contributed by atoms with Crippen LogP contribution in [-0.4, -0.2) is 62.8 Å². The molecule has 0 saturated heterocycles. The van der Waals surface area contributed by atoms with Gasteiger partial charge in [-0.2, -0.15) is 0 Å². The molecule has 0 bridgehead atoms. The molecule has 1 aliphatic rings. The Hall–Kier alpha value is -5.40. The van der Waals surface area contributed by atoms with Crippen molar-refractivity contribution in [1.29, 1.82) is 0 Å². The number of hydrogen-bond acceptors (Lipinski definition) is 1. The van der Waals surface area contributed by atoms with E-state index in [-0.39, 0.29) is 49.1 Å². The normalized spacial score (nSPS) is 13.2. The van der Waals surface area contributed by atoms with Crippen molar-refractivity contribution in [3.63, 3.8) is 0 Å². The molecule has 0 saturated carbocycles. The summed E-state index contributed by atoms with van der Waals surface area (Å²) in [5, 5.41) is 4.02. The van der Waals surface area contributed by atoms with Crippen LogP contribution in [0.5, 0.6) is 0 Å². The Morgan fingerprint density at radius 1 is 0.393 bits per heavy atom. The zero-order valence-electron chi connectivity index (χ0n) is 30.9. The van der Waals surface area contributed by atoms with Gasteiger partial charge in [-0.15, -0.1) is 21.9 Å². The van der Waals surface area contributed by atoms with E-state index in [2.05, 4.69) is 68.4 Å². The maximum atomic E-state index is 7.10. The summed E-state index contributed by atoms with van der Waals surface area (Å²) < 4.78 is 6.35. The van der Waals surface area contributed by atoms with E-state index in [0.29, 0.717) is 38.3 Å². The van der Waals surface area contributed by atoms with Crippen LogP contribution in [-0.2, 0) is 5.41 Å². The predicted molar refractivity (Wildman–Crippen MR) is 246 cm³/mol. The first-order valence-electron chi connectivity index (χ1n) is 18.4. The molecule has 9 aromatic rings. The van der Waals surface area contributed by atoms with E-state index in [1.165, 1.54) is 22.3 Å². The number of hydrogen-bond donors (Lipinski definition) is 0. The summed E-state index contributed by atoms with van der Waals surface area (Å²) in [5.41, 5.74) is 12.8. The molecule has 56 heavy (non-hydrogen) atoms.